The van der Waals surface area contributed by atoms with Crippen LogP contribution in [0, 0.1) is 0 Å². The first-order chi connectivity index (χ1) is 14.7. The Morgan fingerprint density at radius 2 is 1.71 bits per heavy atom. The summed E-state index contributed by atoms with van der Waals surface area (Å²) in [6.45, 7) is 1.05. The monoisotopic (exact) mass is 456 g/mol. The van der Waals surface area contributed by atoms with E-state index in [1.54, 1.807) is 0 Å². The van der Waals surface area contributed by atoms with Gasteiger partial charge in [0.05, 0.1) is 17.0 Å². The van der Waals surface area contributed by atoms with E-state index in [2.05, 4.69) is 5.32 Å². The van der Waals surface area contributed by atoms with Crippen LogP contribution in [0.1, 0.15) is 35.2 Å². The lowest BCUT2D eigenvalue weighted by Gasteiger charge is -2.25. The van der Waals surface area contributed by atoms with Gasteiger partial charge in [-0.1, -0.05) is 12.5 Å². The molecular formula is C21H23F3N2O4S. The fourth-order valence-electron chi connectivity index (χ4n) is 3.23. The number of hydrogen-bond acceptors (Lipinski definition) is 4. The molecule has 0 aliphatic carbocycles. The molecule has 0 aromatic heterocycles. The highest BCUT2D eigenvalue weighted by atomic mass is 32.2. The maximum atomic E-state index is 12.7. The molecular weight excluding hydrogens is 433 g/mol. The molecule has 2 aromatic carbocycles. The van der Waals surface area contributed by atoms with Crippen molar-refractivity contribution in [1.82, 2.24) is 9.62 Å². The number of alkyl halides is 3. The van der Waals surface area contributed by atoms with Gasteiger partial charge in [-0.05, 0) is 55.3 Å². The van der Waals surface area contributed by atoms with Crippen molar-refractivity contribution in [3.63, 3.8) is 0 Å². The van der Waals surface area contributed by atoms with Gasteiger partial charge in [0.15, 0.2) is 0 Å². The van der Waals surface area contributed by atoms with Gasteiger partial charge in [0.2, 0.25) is 10.0 Å². The molecule has 168 valence electrons. The number of carbonyl (C=O) groups excluding carboxylic acids is 1. The second-order valence-corrected chi connectivity index (χ2v) is 9.06. The van der Waals surface area contributed by atoms with Crippen molar-refractivity contribution in [2.75, 3.05) is 26.2 Å². The van der Waals surface area contributed by atoms with Crippen molar-refractivity contribution in [2.45, 2.75) is 30.3 Å². The maximum Gasteiger partial charge on any atom is 0.416 e. The summed E-state index contributed by atoms with van der Waals surface area (Å²) in [6, 6.07) is 10.2. The van der Waals surface area contributed by atoms with Crippen molar-refractivity contribution < 1.29 is 31.1 Å². The normalized spacial score (nSPS) is 15.5. The minimum Gasteiger partial charge on any atom is -0.492 e. The summed E-state index contributed by atoms with van der Waals surface area (Å²) < 4.78 is 70.1. The number of sulfonamides is 1. The molecule has 1 N–H and O–H groups in total. The Hall–Kier alpha value is -2.59. The zero-order valence-corrected chi connectivity index (χ0v) is 17.5. The van der Waals surface area contributed by atoms with Gasteiger partial charge in [-0.25, -0.2) is 8.42 Å². The quantitative estimate of drug-likeness (QED) is 0.645. The maximum absolute atomic E-state index is 12.7. The largest absolute Gasteiger partial charge is 0.492 e. The van der Waals surface area contributed by atoms with E-state index < -0.39 is 27.7 Å². The van der Waals surface area contributed by atoms with Gasteiger partial charge in [-0.15, -0.1) is 0 Å². The summed E-state index contributed by atoms with van der Waals surface area (Å²) in [6.07, 6.45) is -1.77. The second kappa shape index (κ2) is 9.69. The Balaban J connectivity index is 1.51. The standard InChI is InChI=1S/C21H23F3N2O4S/c22-21(23,24)17-5-4-6-18(15-17)30-14-11-25-20(27)16-7-9-19(10-8-16)31(28,29)26-12-2-1-3-13-26/h4-10,15H,1-3,11-14H2,(H,25,27). The lowest BCUT2D eigenvalue weighted by molar-refractivity contribution is -0.137. The molecule has 0 unspecified atom stereocenters. The molecule has 1 aliphatic heterocycles. The minimum atomic E-state index is -4.46. The third kappa shape index (κ3) is 5.98. The first-order valence-electron chi connectivity index (χ1n) is 9.86. The molecule has 1 saturated heterocycles. The number of nitrogens with one attached hydrogen (secondary N) is 1. The Morgan fingerprint density at radius 1 is 1.03 bits per heavy atom. The number of halogens is 3. The van der Waals surface area contributed by atoms with E-state index in [0.717, 1.165) is 31.4 Å². The highest BCUT2D eigenvalue weighted by Crippen LogP contribution is 2.31. The molecule has 3 rings (SSSR count). The molecule has 10 heteroatoms. The molecule has 1 fully saturated rings. The van der Waals surface area contributed by atoms with Gasteiger partial charge in [-0.2, -0.15) is 17.5 Å². The summed E-state index contributed by atoms with van der Waals surface area (Å²) >= 11 is 0. The van der Waals surface area contributed by atoms with E-state index in [1.165, 1.54) is 40.7 Å². The summed E-state index contributed by atoms with van der Waals surface area (Å²) in [5.74, 6) is -0.383. The number of benzene rings is 2. The van der Waals surface area contributed by atoms with E-state index in [0.29, 0.717) is 13.1 Å². The van der Waals surface area contributed by atoms with Gasteiger partial charge in [0.25, 0.3) is 5.91 Å². The summed E-state index contributed by atoms with van der Waals surface area (Å²) in [5, 5.41) is 2.59. The molecule has 0 bridgehead atoms. The average molecular weight is 456 g/mol. The van der Waals surface area contributed by atoms with Crippen LogP contribution in [-0.2, 0) is 16.2 Å². The topological polar surface area (TPSA) is 75.7 Å². The summed E-state index contributed by atoms with van der Waals surface area (Å²) in [4.78, 5) is 12.4. The fourth-order valence-corrected chi connectivity index (χ4v) is 4.75. The molecule has 0 spiro atoms. The average Bonchev–Trinajstić information content (AvgIpc) is 2.77. The fraction of sp³-hybridized carbons (Fsp3) is 0.381. The molecule has 6 nitrogen and oxygen atoms in total. The van der Waals surface area contributed by atoms with E-state index >= 15 is 0 Å². The van der Waals surface area contributed by atoms with Gasteiger partial charge in [0.1, 0.15) is 12.4 Å². The molecule has 1 aliphatic rings. The minimum absolute atomic E-state index is 0.0194. The molecule has 2 aromatic rings. The van der Waals surface area contributed by atoms with Crippen LogP contribution < -0.4 is 10.1 Å². The highest BCUT2D eigenvalue weighted by molar-refractivity contribution is 7.89. The van der Waals surface area contributed by atoms with E-state index in [1.807, 2.05) is 0 Å². The third-order valence-electron chi connectivity index (χ3n) is 4.89. The number of hydrogen-bond donors (Lipinski definition) is 1. The van der Waals surface area contributed by atoms with Crippen molar-refractivity contribution in [3.8, 4) is 5.75 Å². The van der Waals surface area contributed by atoms with E-state index in [9.17, 15) is 26.4 Å². The predicted octanol–water partition coefficient (Wildman–Crippen LogP) is 3.69. The molecule has 0 atom stereocenters. The van der Waals surface area contributed by atoms with Crippen LogP contribution in [0.15, 0.2) is 53.4 Å². The zero-order valence-electron chi connectivity index (χ0n) is 16.7. The zero-order chi connectivity index (χ0) is 22.5. The summed E-state index contributed by atoms with van der Waals surface area (Å²) in [5.41, 5.74) is -0.537. The van der Waals surface area contributed by atoms with Crippen LogP contribution in [0.2, 0.25) is 0 Å². The van der Waals surface area contributed by atoms with Crippen molar-refractivity contribution in [2.24, 2.45) is 0 Å². The van der Waals surface area contributed by atoms with Crippen LogP contribution in [0.4, 0.5) is 13.2 Å². The van der Waals surface area contributed by atoms with Gasteiger partial charge < -0.3 is 10.1 Å². The van der Waals surface area contributed by atoms with Crippen LogP contribution in [0.3, 0.4) is 0 Å². The molecule has 31 heavy (non-hydrogen) atoms. The van der Waals surface area contributed by atoms with Crippen molar-refractivity contribution in [1.29, 1.82) is 0 Å². The van der Waals surface area contributed by atoms with Gasteiger partial charge in [-0.3, -0.25) is 4.79 Å². The number of amides is 1. The number of carbonyl (C=O) groups is 1. The van der Waals surface area contributed by atoms with E-state index in [-0.39, 0.29) is 29.4 Å². The third-order valence-corrected chi connectivity index (χ3v) is 6.80. The first-order valence-corrected chi connectivity index (χ1v) is 11.3. The summed E-state index contributed by atoms with van der Waals surface area (Å²) in [7, 11) is -3.57. The molecule has 0 radical (unpaired) electrons. The van der Waals surface area contributed by atoms with Crippen LogP contribution >= 0.6 is 0 Å². The predicted molar refractivity (Wildman–Crippen MR) is 108 cm³/mol. The van der Waals surface area contributed by atoms with Crippen LogP contribution in [-0.4, -0.2) is 44.9 Å². The van der Waals surface area contributed by atoms with Crippen molar-refractivity contribution in [3.05, 3.63) is 59.7 Å². The van der Waals surface area contributed by atoms with E-state index in [4.69, 9.17) is 4.74 Å². The number of piperidine rings is 1. The number of ether oxygens (including phenoxy) is 1. The molecule has 0 saturated carbocycles. The Bertz CT molecular complexity index is 1000. The highest BCUT2D eigenvalue weighted by Gasteiger charge is 2.30. The van der Waals surface area contributed by atoms with Gasteiger partial charge >= 0.3 is 6.18 Å². The van der Waals surface area contributed by atoms with Gasteiger partial charge in [0, 0.05) is 18.7 Å². The lowest BCUT2D eigenvalue weighted by atomic mass is 10.2. The van der Waals surface area contributed by atoms with Crippen LogP contribution in [0.25, 0.3) is 0 Å². The Kier molecular flexibility index (Phi) is 7.22. The van der Waals surface area contributed by atoms with Crippen LogP contribution in [0.5, 0.6) is 5.75 Å². The Labute approximate surface area is 179 Å². The SMILES string of the molecule is O=C(NCCOc1cccc(C(F)(F)F)c1)c1ccc(S(=O)(=O)N2CCCCC2)cc1. The van der Waals surface area contributed by atoms with Crippen molar-refractivity contribution >= 4 is 15.9 Å². The first kappa shape index (κ1) is 23.1. The molecule has 1 heterocycles. The number of rotatable bonds is 7. The second-order valence-electron chi connectivity index (χ2n) is 7.12. The Morgan fingerprint density at radius 3 is 2.35 bits per heavy atom. The molecule has 1 amide bonds. The lowest BCUT2D eigenvalue weighted by Crippen LogP contribution is -2.35. The smallest absolute Gasteiger partial charge is 0.416 e. The number of nitrogens with zero attached hydrogens (tertiary/aromatic N) is 1.